The fourth-order valence-electron chi connectivity index (χ4n) is 3.19. The molecule has 1 amide bonds. The Kier molecular flexibility index (Phi) is 6.80. The maximum absolute atomic E-state index is 13.7. The number of rotatable bonds is 6. The smallest absolute Gasteiger partial charge is 0.265 e. The minimum absolute atomic E-state index is 0.0420. The lowest BCUT2D eigenvalue weighted by Gasteiger charge is -2.23. The van der Waals surface area contributed by atoms with E-state index in [1.165, 1.54) is 41.9 Å². The number of thiophene rings is 1. The van der Waals surface area contributed by atoms with Crippen LogP contribution in [0, 0.1) is 5.82 Å². The molecule has 0 aliphatic carbocycles. The van der Waals surface area contributed by atoms with Crippen molar-refractivity contribution >= 4 is 66.1 Å². The number of anilines is 1. The Morgan fingerprint density at radius 2 is 1.83 bits per heavy atom. The van der Waals surface area contributed by atoms with Crippen LogP contribution >= 0.6 is 34.5 Å². The maximum atomic E-state index is 13.7. The minimum atomic E-state index is -3.34. The van der Waals surface area contributed by atoms with E-state index in [9.17, 15) is 17.6 Å². The monoisotopic (exact) mass is 552 g/mol. The van der Waals surface area contributed by atoms with Gasteiger partial charge in [-0.2, -0.15) is 0 Å². The molecular weight excluding hydrogens is 534 g/mol. The van der Waals surface area contributed by atoms with E-state index < -0.39 is 20.4 Å². The van der Waals surface area contributed by atoms with Gasteiger partial charge in [-0.15, -0.1) is 11.3 Å². The number of carbonyl (C=O) groups excluding carboxylic acids is 1. The minimum Gasteiger partial charge on any atom is -0.439 e. The predicted molar refractivity (Wildman–Crippen MR) is 138 cm³/mol. The van der Waals surface area contributed by atoms with Crippen LogP contribution in [0.4, 0.5) is 10.1 Å². The molecule has 2 heterocycles. The molecule has 6 nitrogen and oxygen atoms in total. The molecule has 2 aromatic carbocycles. The van der Waals surface area contributed by atoms with Gasteiger partial charge in [0, 0.05) is 28.8 Å². The van der Waals surface area contributed by atoms with E-state index in [1.54, 1.807) is 38.1 Å². The van der Waals surface area contributed by atoms with Gasteiger partial charge >= 0.3 is 0 Å². The van der Waals surface area contributed by atoms with Gasteiger partial charge in [0.25, 0.3) is 5.91 Å². The van der Waals surface area contributed by atoms with Crippen molar-refractivity contribution in [3.05, 3.63) is 81.0 Å². The molecule has 0 spiro atoms. The normalized spacial score (nSPS) is 12.1. The van der Waals surface area contributed by atoms with Crippen molar-refractivity contribution in [3.63, 3.8) is 0 Å². The Hall–Kier alpha value is -2.72. The zero-order chi connectivity index (χ0) is 25.5. The molecule has 35 heavy (non-hydrogen) atoms. The van der Waals surface area contributed by atoms with E-state index in [4.69, 9.17) is 27.9 Å². The largest absolute Gasteiger partial charge is 0.439 e. The Bertz CT molecular complexity index is 1570. The Morgan fingerprint density at radius 3 is 2.51 bits per heavy atom. The number of carbonyl (C=O) groups is 1. The van der Waals surface area contributed by atoms with Crippen molar-refractivity contribution in [1.29, 1.82) is 0 Å². The third-order valence-corrected chi connectivity index (χ3v) is 9.21. The standard InChI is InChI=1S/C24H19Cl2FN2O4S2/c1-24(2,35(3,31)32)14-4-7-19-13(8-14)9-20(34-19)23(30)28-15-10-21(26)29-22(11-15)33-16-5-6-17(25)18(27)12-16/h4-12H,1-3H3,(H,28,29,30). The number of ether oxygens (including phenoxy) is 1. The van der Waals surface area contributed by atoms with Gasteiger partial charge < -0.3 is 10.1 Å². The zero-order valence-corrected chi connectivity index (χ0v) is 21.9. The second-order valence-electron chi connectivity index (χ2n) is 8.29. The van der Waals surface area contributed by atoms with Crippen LogP contribution in [0.5, 0.6) is 11.6 Å². The number of halogens is 3. The summed E-state index contributed by atoms with van der Waals surface area (Å²) in [5.74, 6) is -0.816. The molecule has 1 N–H and O–H groups in total. The van der Waals surface area contributed by atoms with Crippen molar-refractivity contribution < 1.29 is 22.3 Å². The van der Waals surface area contributed by atoms with Gasteiger partial charge in [-0.3, -0.25) is 4.79 Å². The van der Waals surface area contributed by atoms with Crippen LogP contribution in [0.3, 0.4) is 0 Å². The molecular formula is C24H19Cl2FN2O4S2. The van der Waals surface area contributed by atoms with E-state index in [0.29, 0.717) is 16.1 Å². The fraction of sp³-hybridized carbons (Fsp3) is 0.167. The SMILES string of the molecule is CC(C)(c1ccc2sc(C(=O)Nc3cc(Cl)nc(Oc4ccc(Cl)c(F)c4)c3)cc2c1)S(C)(=O)=O. The second-order valence-corrected chi connectivity index (χ2v) is 12.7. The van der Waals surface area contributed by atoms with Gasteiger partial charge in [-0.1, -0.05) is 29.3 Å². The summed E-state index contributed by atoms with van der Waals surface area (Å²) in [5.41, 5.74) is 0.967. The molecule has 4 aromatic rings. The van der Waals surface area contributed by atoms with Crippen LogP contribution in [0.15, 0.2) is 54.6 Å². The van der Waals surface area contributed by atoms with Gasteiger partial charge in [0.2, 0.25) is 5.88 Å². The van der Waals surface area contributed by atoms with Crippen LogP contribution in [0.25, 0.3) is 10.1 Å². The molecule has 0 atom stereocenters. The Morgan fingerprint density at radius 1 is 1.09 bits per heavy atom. The molecule has 0 saturated heterocycles. The first-order chi connectivity index (χ1) is 16.3. The number of amides is 1. The van der Waals surface area contributed by atoms with Crippen molar-refractivity contribution in [2.45, 2.75) is 18.6 Å². The lowest BCUT2D eigenvalue weighted by molar-refractivity contribution is 0.103. The molecule has 0 radical (unpaired) electrons. The molecule has 182 valence electrons. The lowest BCUT2D eigenvalue weighted by atomic mass is 10.0. The molecule has 0 saturated carbocycles. The Balaban J connectivity index is 1.57. The molecule has 11 heteroatoms. The summed E-state index contributed by atoms with van der Waals surface area (Å²) >= 11 is 13.0. The van der Waals surface area contributed by atoms with Gasteiger partial charge in [-0.05, 0) is 61.2 Å². The molecule has 2 aromatic heterocycles. The topological polar surface area (TPSA) is 85.4 Å². The molecule has 0 fully saturated rings. The average Bonchev–Trinajstić information content (AvgIpc) is 3.19. The molecule has 4 rings (SSSR count). The summed E-state index contributed by atoms with van der Waals surface area (Å²) in [4.78, 5) is 17.4. The van der Waals surface area contributed by atoms with Crippen LogP contribution in [0.2, 0.25) is 10.2 Å². The first-order valence-electron chi connectivity index (χ1n) is 10.2. The fourth-order valence-corrected chi connectivity index (χ4v) is 5.01. The summed E-state index contributed by atoms with van der Waals surface area (Å²) in [7, 11) is -3.34. The molecule has 0 unspecified atom stereocenters. The third-order valence-electron chi connectivity index (χ3n) is 5.50. The zero-order valence-electron chi connectivity index (χ0n) is 18.7. The van der Waals surface area contributed by atoms with E-state index >= 15 is 0 Å². The van der Waals surface area contributed by atoms with Crippen molar-refractivity contribution in [2.24, 2.45) is 0 Å². The van der Waals surface area contributed by atoms with Gasteiger partial charge in [-0.25, -0.2) is 17.8 Å². The van der Waals surface area contributed by atoms with Crippen LogP contribution in [-0.2, 0) is 14.6 Å². The summed E-state index contributed by atoms with van der Waals surface area (Å²) in [6.07, 6.45) is 1.20. The highest BCUT2D eigenvalue weighted by atomic mass is 35.5. The summed E-state index contributed by atoms with van der Waals surface area (Å²) in [6.45, 7) is 3.30. The first-order valence-corrected chi connectivity index (χ1v) is 13.7. The highest BCUT2D eigenvalue weighted by molar-refractivity contribution is 7.91. The summed E-state index contributed by atoms with van der Waals surface area (Å²) in [5, 5.41) is 3.54. The van der Waals surface area contributed by atoms with Gasteiger partial charge in [0.05, 0.1) is 14.6 Å². The van der Waals surface area contributed by atoms with E-state index in [0.717, 1.165) is 16.2 Å². The van der Waals surface area contributed by atoms with Gasteiger partial charge in [0.15, 0.2) is 9.84 Å². The van der Waals surface area contributed by atoms with Crippen LogP contribution in [-0.4, -0.2) is 25.6 Å². The number of hydrogen-bond donors (Lipinski definition) is 1. The van der Waals surface area contributed by atoms with Crippen LogP contribution in [0.1, 0.15) is 29.1 Å². The lowest BCUT2D eigenvalue weighted by Crippen LogP contribution is -2.27. The number of pyridine rings is 1. The summed E-state index contributed by atoms with van der Waals surface area (Å²) < 4.78 is 43.4. The van der Waals surface area contributed by atoms with Crippen molar-refractivity contribution in [2.75, 3.05) is 11.6 Å². The van der Waals surface area contributed by atoms with E-state index in [1.807, 2.05) is 0 Å². The maximum Gasteiger partial charge on any atom is 0.265 e. The number of nitrogens with zero attached hydrogens (tertiary/aromatic N) is 1. The van der Waals surface area contributed by atoms with Crippen LogP contribution < -0.4 is 10.1 Å². The highest BCUT2D eigenvalue weighted by Crippen LogP contribution is 2.34. The van der Waals surface area contributed by atoms with Crippen molar-refractivity contribution in [1.82, 2.24) is 4.98 Å². The number of benzene rings is 2. The van der Waals surface area contributed by atoms with E-state index in [-0.39, 0.29) is 27.7 Å². The second kappa shape index (κ2) is 9.39. The van der Waals surface area contributed by atoms with Crippen molar-refractivity contribution in [3.8, 4) is 11.6 Å². The highest BCUT2D eigenvalue weighted by Gasteiger charge is 2.32. The van der Waals surface area contributed by atoms with E-state index in [2.05, 4.69) is 10.3 Å². The number of nitrogens with one attached hydrogen (secondary N) is 1. The number of fused-ring (bicyclic) bond motifs is 1. The summed E-state index contributed by atoms with van der Waals surface area (Å²) in [6, 6.07) is 13.9. The molecule has 0 aliphatic heterocycles. The predicted octanol–water partition coefficient (Wildman–Crippen LogP) is 7.07. The Labute approximate surface area is 215 Å². The van der Waals surface area contributed by atoms with Gasteiger partial charge in [0.1, 0.15) is 16.7 Å². The average molecular weight is 553 g/mol. The number of sulfone groups is 1. The third kappa shape index (κ3) is 5.43. The first kappa shape index (κ1) is 25.4. The molecule has 0 bridgehead atoms. The number of aromatic nitrogens is 1. The molecule has 0 aliphatic rings. The number of hydrogen-bond acceptors (Lipinski definition) is 6. The quantitative estimate of drug-likeness (QED) is 0.258.